The SMILES string of the molecule is CC(C)(C)C(NC(=O)CCCNC(=O)C1CC1)c1ccccc1. The minimum Gasteiger partial charge on any atom is -0.356 e. The summed E-state index contributed by atoms with van der Waals surface area (Å²) in [5.41, 5.74) is 1.06. The molecule has 23 heavy (non-hydrogen) atoms. The van der Waals surface area contributed by atoms with Crippen molar-refractivity contribution in [2.75, 3.05) is 6.54 Å². The van der Waals surface area contributed by atoms with Gasteiger partial charge in [0, 0.05) is 18.9 Å². The Hall–Kier alpha value is -1.84. The zero-order valence-corrected chi connectivity index (χ0v) is 14.4. The Bertz CT molecular complexity index is 530. The molecule has 0 aromatic heterocycles. The minimum absolute atomic E-state index is 0.0164. The van der Waals surface area contributed by atoms with Gasteiger partial charge in [0.1, 0.15) is 0 Å². The molecule has 1 saturated carbocycles. The van der Waals surface area contributed by atoms with Crippen molar-refractivity contribution in [2.24, 2.45) is 11.3 Å². The number of nitrogens with one attached hydrogen (secondary N) is 2. The molecule has 1 fully saturated rings. The van der Waals surface area contributed by atoms with E-state index in [4.69, 9.17) is 0 Å². The van der Waals surface area contributed by atoms with Gasteiger partial charge in [-0.3, -0.25) is 9.59 Å². The van der Waals surface area contributed by atoms with Gasteiger partial charge >= 0.3 is 0 Å². The number of carbonyl (C=O) groups excluding carboxylic acids is 2. The Morgan fingerprint density at radius 1 is 1.17 bits per heavy atom. The van der Waals surface area contributed by atoms with Crippen LogP contribution in [0.3, 0.4) is 0 Å². The maximum atomic E-state index is 12.2. The van der Waals surface area contributed by atoms with Gasteiger partial charge in [-0.2, -0.15) is 0 Å². The van der Waals surface area contributed by atoms with Gasteiger partial charge < -0.3 is 10.6 Å². The van der Waals surface area contributed by atoms with Crippen LogP contribution in [0.5, 0.6) is 0 Å². The molecular weight excluding hydrogens is 288 g/mol. The van der Waals surface area contributed by atoms with Crippen LogP contribution in [0, 0.1) is 11.3 Å². The highest BCUT2D eigenvalue weighted by molar-refractivity contribution is 5.81. The molecule has 2 amide bonds. The summed E-state index contributed by atoms with van der Waals surface area (Å²) in [6.45, 7) is 6.96. The largest absolute Gasteiger partial charge is 0.356 e. The van der Waals surface area contributed by atoms with Crippen LogP contribution in [0.15, 0.2) is 30.3 Å². The Labute approximate surface area is 139 Å². The fraction of sp³-hybridized carbons (Fsp3) is 0.579. The zero-order chi connectivity index (χ0) is 16.9. The zero-order valence-electron chi connectivity index (χ0n) is 14.4. The summed E-state index contributed by atoms with van der Waals surface area (Å²) in [4.78, 5) is 23.8. The Morgan fingerprint density at radius 3 is 2.39 bits per heavy atom. The van der Waals surface area contributed by atoms with Crippen molar-refractivity contribution in [1.82, 2.24) is 10.6 Å². The Morgan fingerprint density at radius 2 is 1.83 bits per heavy atom. The normalized spacial score (nSPS) is 15.8. The van der Waals surface area contributed by atoms with E-state index >= 15 is 0 Å². The third-order valence-electron chi connectivity index (χ3n) is 4.13. The molecule has 1 aromatic rings. The minimum atomic E-state index is -0.0583. The van der Waals surface area contributed by atoms with Crippen molar-refractivity contribution in [2.45, 2.75) is 52.5 Å². The molecule has 4 heteroatoms. The second-order valence-electron chi connectivity index (χ2n) is 7.45. The summed E-state index contributed by atoms with van der Waals surface area (Å²) in [6, 6.07) is 10.0. The third kappa shape index (κ3) is 5.70. The summed E-state index contributed by atoms with van der Waals surface area (Å²) in [7, 11) is 0. The number of carbonyl (C=O) groups is 2. The predicted molar refractivity (Wildman–Crippen MR) is 91.7 cm³/mol. The average Bonchev–Trinajstić information content (AvgIpc) is 3.33. The van der Waals surface area contributed by atoms with Crippen molar-refractivity contribution in [1.29, 1.82) is 0 Å². The molecule has 1 aliphatic rings. The summed E-state index contributed by atoms with van der Waals surface area (Å²) in [6.07, 6.45) is 3.13. The molecule has 2 rings (SSSR count). The molecule has 0 aliphatic heterocycles. The van der Waals surface area contributed by atoms with E-state index in [9.17, 15) is 9.59 Å². The molecule has 1 aliphatic carbocycles. The van der Waals surface area contributed by atoms with Crippen molar-refractivity contribution < 1.29 is 9.59 Å². The molecule has 1 unspecified atom stereocenters. The smallest absolute Gasteiger partial charge is 0.223 e. The van der Waals surface area contributed by atoms with Crippen molar-refractivity contribution in [3.8, 4) is 0 Å². The van der Waals surface area contributed by atoms with Crippen molar-refractivity contribution in [3.05, 3.63) is 35.9 Å². The van der Waals surface area contributed by atoms with E-state index in [0.717, 1.165) is 18.4 Å². The van der Waals surface area contributed by atoms with Crippen molar-refractivity contribution >= 4 is 11.8 Å². The van der Waals surface area contributed by atoms with E-state index in [1.54, 1.807) is 0 Å². The lowest BCUT2D eigenvalue weighted by atomic mass is 9.82. The lowest BCUT2D eigenvalue weighted by molar-refractivity contribution is -0.124. The molecule has 4 nitrogen and oxygen atoms in total. The standard InChI is InChI=1S/C19H28N2O2/c1-19(2,3)17(14-8-5-4-6-9-14)21-16(22)10-7-13-20-18(23)15-11-12-15/h4-6,8-9,15,17H,7,10-13H2,1-3H3,(H,20,23)(H,21,22). The van der Waals surface area contributed by atoms with Gasteiger partial charge in [0.05, 0.1) is 6.04 Å². The molecule has 0 radical (unpaired) electrons. The molecule has 2 N–H and O–H groups in total. The van der Waals surface area contributed by atoms with E-state index in [-0.39, 0.29) is 29.2 Å². The number of hydrogen-bond acceptors (Lipinski definition) is 2. The molecule has 1 aromatic carbocycles. The van der Waals surface area contributed by atoms with Gasteiger partial charge in [-0.15, -0.1) is 0 Å². The molecule has 0 heterocycles. The van der Waals surface area contributed by atoms with E-state index in [0.29, 0.717) is 19.4 Å². The van der Waals surface area contributed by atoms with Crippen LogP contribution in [-0.2, 0) is 9.59 Å². The summed E-state index contributed by atoms with van der Waals surface area (Å²) < 4.78 is 0. The van der Waals surface area contributed by atoms with Crippen LogP contribution >= 0.6 is 0 Å². The van der Waals surface area contributed by atoms with Crippen LogP contribution < -0.4 is 10.6 Å². The first-order chi connectivity index (χ1) is 10.9. The van der Waals surface area contributed by atoms with Gasteiger partial charge in [-0.05, 0) is 30.2 Å². The van der Waals surface area contributed by atoms with Crippen LogP contribution in [0.4, 0.5) is 0 Å². The number of amides is 2. The van der Waals surface area contributed by atoms with Gasteiger partial charge in [0.2, 0.25) is 11.8 Å². The van der Waals surface area contributed by atoms with E-state index < -0.39 is 0 Å². The average molecular weight is 316 g/mol. The molecule has 126 valence electrons. The summed E-state index contributed by atoms with van der Waals surface area (Å²) in [5, 5.41) is 6.04. The van der Waals surface area contributed by atoms with Crippen LogP contribution in [0.2, 0.25) is 0 Å². The van der Waals surface area contributed by atoms with Crippen LogP contribution in [-0.4, -0.2) is 18.4 Å². The van der Waals surface area contributed by atoms with Gasteiger partial charge in [0.25, 0.3) is 0 Å². The highest BCUT2D eigenvalue weighted by Gasteiger charge is 2.29. The van der Waals surface area contributed by atoms with Crippen LogP contribution in [0.25, 0.3) is 0 Å². The maximum Gasteiger partial charge on any atom is 0.223 e. The Kier molecular flexibility index (Phi) is 5.80. The topological polar surface area (TPSA) is 58.2 Å². The fourth-order valence-electron chi connectivity index (χ4n) is 2.63. The molecular formula is C19H28N2O2. The van der Waals surface area contributed by atoms with E-state index in [1.807, 2.05) is 30.3 Å². The van der Waals surface area contributed by atoms with Gasteiger partial charge in [0.15, 0.2) is 0 Å². The molecule has 0 saturated heterocycles. The number of benzene rings is 1. The quantitative estimate of drug-likeness (QED) is 0.759. The third-order valence-corrected chi connectivity index (χ3v) is 4.13. The van der Waals surface area contributed by atoms with Crippen LogP contribution in [0.1, 0.15) is 58.1 Å². The van der Waals surface area contributed by atoms with Gasteiger partial charge in [-0.25, -0.2) is 0 Å². The molecule has 1 atom stereocenters. The maximum absolute atomic E-state index is 12.2. The molecule has 0 bridgehead atoms. The first-order valence-electron chi connectivity index (χ1n) is 8.50. The second kappa shape index (κ2) is 7.62. The van der Waals surface area contributed by atoms with E-state index in [1.165, 1.54) is 0 Å². The second-order valence-corrected chi connectivity index (χ2v) is 7.45. The lowest BCUT2D eigenvalue weighted by Gasteiger charge is -2.32. The van der Waals surface area contributed by atoms with Gasteiger partial charge in [-0.1, -0.05) is 51.1 Å². The highest BCUT2D eigenvalue weighted by Crippen LogP contribution is 2.32. The first-order valence-corrected chi connectivity index (χ1v) is 8.50. The van der Waals surface area contributed by atoms with E-state index in [2.05, 4.69) is 31.4 Å². The summed E-state index contributed by atoms with van der Waals surface area (Å²) >= 11 is 0. The first kappa shape index (κ1) is 17.5. The lowest BCUT2D eigenvalue weighted by Crippen LogP contribution is -2.37. The number of rotatable bonds is 7. The summed E-state index contributed by atoms with van der Waals surface area (Å²) in [5.74, 6) is 0.406. The predicted octanol–water partition coefficient (Wildman–Crippen LogP) is 3.20. The van der Waals surface area contributed by atoms with Crippen molar-refractivity contribution in [3.63, 3.8) is 0 Å². The Balaban J connectivity index is 1.79. The highest BCUT2D eigenvalue weighted by atomic mass is 16.2. The molecule has 0 spiro atoms. The number of hydrogen-bond donors (Lipinski definition) is 2. The monoisotopic (exact) mass is 316 g/mol. The fourth-order valence-corrected chi connectivity index (χ4v) is 2.63.